The van der Waals surface area contributed by atoms with Crippen molar-refractivity contribution in [2.45, 2.75) is 12.5 Å². The van der Waals surface area contributed by atoms with Gasteiger partial charge in [0, 0.05) is 12.4 Å². The number of carbonyl (C=O) groups is 2. The van der Waals surface area contributed by atoms with E-state index in [4.69, 9.17) is 10.2 Å². The largest absolute Gasteiger partial charge is 0.550 e. The molecule has 0 aromatic carbocycles. The Hall–Kier alpha value is -0.940. The maximum absolute atomic E-state index is 10.4. The topological polar surface area (TPSA) is 97.7 Å². The standard InChI is InChI=1S/C5H8O5/c6-2-4(8)3(7)1-5(9)10/h4,6,8H,1-2H2,(H,9,10)/p-1/t4-/m1/s1. The third-order valence-corrected chi connectivity index (χ3v) is 0.863. The SMILES string of the molecule is O=C([O-])CC(=O)[C@H](O)CO. The van der Waals surface area contributed by atoms with Crippen LogP contribution >= 0.6 is 0 Å². The summed E-state index contributed by atoms with van der Waals surface area (Å²) in [5, 5.41) is 26.3. The van der Waals surface area contributed by atoms with E-state index in [0.29, 0.717) is 0 Å². The first-order chi connectivity index (χ1) is 4.57. The van der Waals surface area contributed by atoms with E-state index in [9.17, 15) is 14.7 Å². The molecule has 0 fully saturated rings. The van der Waals surface area contributed by atoms with E-state index in [1.165, 1.54) is 0 Å². The van der Waals surface area contributed by atoms with E-state index in [1.807, 2.05) is 0 Å². The minimum absolute atomic E-state index is 0.758. The molecule has 0 amide bonds. The monoisotopic (exact) mass is 147 g/mol. The number of aliphatic carboxylic acids is 1. The van der Waals surface area contributed by atoms with E-state index in [-0.39, 0.29) is 0 Å². The minimum Gasteiger partial charge on any atom is -0.550 e. The van der Waals surface area contributed by atoms with Gasteiger partial charge in [0.2, 0.25) is 0 Å². The number of hydrogen-bond donors (Lipinski definition) is 2. The highest BCUT2D eigenvalue weighted by Crippen LogP contribution is 1.88. The van der Waals surface area contributed by atoms with Gasteiger partial charge in [-0.1, -0.05) is 0 Å². The van der Waals surface area contributed by atoms with Crippen molar-refractivity contribution in [3.05, 3.63) is 0 Å². The normalized spacial score (nSPS) is 12.6. The Bertz CT molecular complexity index is 141. The van der Waals surface area contributed by atoms with Gasteiger partial charge in [-0.15, -0.1) is 0 Å². The second kappa shape index (κ2) is 3.97. The molecule has 0 aromatic heterocycles. The summed E-state index contributed by atoms with van der Waals surface area (Å²) in [4.78, 5) is 20.1. The van der Waals surface area contributed by atoms with Gasteiger partial charge in [0.1, 0.15) is 6.10 Å². The van der Waals surface area contributed by atoms with Crippen LogP contribution in [0.25, 0.3) is 0 Å². The van der Waals surface area contributed by atoms with Crippen molar-refractivity contribution in [2.24, 2.45) is 0 Å². The molecule has 0 aliphatic carbocycles. The van der Waals surface area contributed by atoms with Crippen LogP contribution in [0.2, 0.25) is 0 Å². The summed E-state index contributed by atoms with van der Waals surface area (Å²) in [6.45, 7) is -0.758. The smallest absolute Gasteiger partial charge is 0.169 e. The molecular weight excluding hydrogens is 140 g/mol. The molecule has 0 radical (unpaired) electrons. The van der Waals surface area contributed by atoms with Gasteiger partial charge in [-0.25, -0.2) is 0 Å². The molecule has 0 aliphatic rings. The van der Waals surface area contributed by atoms with E-state index in [1.54, 1.807) is 0 Å². The van der Waals surface area contributed by atoms with Gasteiger partial charge in [-0.05, 0) is 0 Å². The van der Waals surface area contributed by atoms with E-state index < -0.39 is 30.9 Å². The Balaban J connectivity index is 3.73. The fourth-order valence-corrected chi connectivity index (χ4v) is 0.362. The second-order valence-electron chi connectivity index (χ2n) is 1.71. The summed E-state index contributed by atoms with van der Waals surface area (Å²) in [7, 11) is 0. The highest BCUT2D eigenvalue weighted by atomic mass is 16.4. The van der Waals surface area contributed by atoms with E-state index in [2.05, 4.69) is 0 Å². The first-order valence-electron chi connectivity index (χ1n) is 2.59. The molecule has 10 heavy (non-hydrogen) atoms. The van der Waals surface area contributed by atoms with Crippen molar-refractivity contribution in [3.63, 3.8) is 0 Å². The first kappa shape index (κ1) is 9.06. The zero-order valence-electron chi connectivity index (χ0n) is 5.11. The third-order valence-electron chi connectivity index (χ3n) is 0.863. The Morgan fingerprint density at radius 3 is 2.30 bits per heavy atom. The average Bonchev–Trinajstić information content (AvgIpc) is 1.85. The van der Waals surface area contributed by atoms with Crippen LogP contribution in [0.3, 0.4) is 0 Å². The number of Topliss-reactive ketones (excluding diaryl/α,β-unsaturated/α-hetero) is 1. The summed E-state index contributed by atoms with van der Waals surface area (Å²) < 4.78 is 0. The lowest BCUT2D eigenvalue weighted by Gasteiger charge is -2.05. The molecule has 1 atom stereocenters. The molecule has 0 unspecified atom stereocenters. The summed E-state index contributed by atoms with van der Waals surface area (Å²) >= 11 is 0. The molecule has 0 rings (SSSR count). The molecule has 0 spiro atoms. The predicted molar refractivity (Wildman–Crippen MR) is 27.7 cm³/mol. The number of hydrogen-bond acceptors (Lipinski definition) is 5. The minimum atomic E-state index is -1.60. The van der Waals surface area contributed by atoms with Gasteiger partial charge in [0.15, 0.2) is 5.78 Å². The van der Waals surface area contributed by atoms with Crippen LogP contribution in [0.4, 0.5) is 0 Å². The van der Waals surface area contributed by atoms with Gasteiger partial charge in [0.25, 0.3) is 0 Å². The Morgan fingerprint density at radius 2 is 2.00 bits per heavy atom. The number of aliphatic hydroxyl groups excluding tert-OH is 2. The summed E-state index contributed by atoms with van der Waals surface area (Å²) in [6.07, 6.45) is -2.46. The number of carboxylic acids is 1. The number of aliphatic hydroxyl groups is 2. The Morgan fingerprint density at radius 1 is 1.50 bits per heavy atom. The Labute approximate surface area is 56.9 Å². The van der Waals surface area contributed by atoms with Crippen LogP contribution in [0.5, 0.6) is 0 Å². The summed E-state index contributed by atoms with van der Waals surface area (Å²) in [5.74, 6) is -2.50. The van der Waals surface area contributed by atoms with Crippen molar-refractivity contribution in [2.75, 3.05) is 6.61 Å². The van der Waals surface area contributed by atoms with Gasteiger partial charge in [-0.2, -0.15) is 0 Å². The molecule has 0 aromatic rings. The average molecular weight is 147 g/mol. The fraction of sp³-hybridized carbons (Fsp3) is 0.600. The molecule has 0 saturated heterocycles. The van der Waals surface area contributed by atoms with Crippen molar-refractivity contribution < 1.29 is 24.9 Å². The van der Waals surface area contributed by atoms with E-state index >= 15 is 0 Å². The summed E-state index contributed by atoms with van der Waals surface area (Å²) in [6, 6.07) is 0. The zero-order valence-corrected chi connectivity index (χ0v) is 5.11. The van der Waals surface area contributed by atoms with E-state index in [0.717, 1.165) is 0 Å². The lowest BCUT2D eigenvalue weighted by Crippen LogP contribution is -2.32. The first-order valence-corrected chi connectivity index (χ1v) is 2.59. The zero-order chi connectivity index (χ0) is 8.15. The Kier molecular flexibility index (Phi) is 3.60. The van der Waals surface area contributed by atoms with Crippen LogP contribution in [-0.4, -0.2) is 34.7 Å². The van der Waals surface area contributed by atoms with Crippen molar-refractivity contribution in [1.82, 2.24) is 0 Å². The van der Waals surface area contributed by atoms with Crippen LogP contribution in [0, 0.1) is 0 Å². The molecular formula is C5H7O5-. The molecule has 0 saturated carbocycles. The number of carboxylic acid groups (broad SMARTS) is 1. The molecule has 0 aliphatic heterocycles. The van der Waals surface area contributed by atoms with Gasteiger partial charge in [-0.3, -0.25) is 4.79 Å². The lowest BCUT2D eigenvalue weighted by atomic mass is 10.2. The molecule has 2 N–H and O–H groups in total. The lowest BCUT2D eigenvalue weighted by molar-refractivity contribution is -0.304. The second-order valence-corrected chi connectivity index (χ2v) is 1.71. The molecule has 58 valence electrons. The third kappa shape index (κ3) is 3.16. The fourth-order valence-electron chi connectivity index (χ4n) is 0.362. The van der Waals surface area contributed by atoms with Crippen LogP contribution < -0.4 is 5.11 Å². The van der Waals surface area contributed by atoms with Gasteiger partial charge >= 0.3 is 0 Å². The molecule has 5 nitrogen and oxygen atoms in total. The summed E-state index contributed by atoms with van der Waals surface area (Å²) in [5.41, 5.74) is 0. The van der Waals surface area contributed by atoms with Crippen LogP contribution in [0.1, 0.15) is 6.42 Å². The number of rotatable bonds is 4. The highest BCUT2D eigenvalue weighted by Gasteiger charge is 2.12. The van der Waals surface area contributed by atoms with Crippen LogP contribution in [-0.2, 0) is 9.59 Å². The molecule has 5 heteroatoms. The van der Waals surface area contributed by atoms with Gasteiger partial charge in [0.05, 0.1) is 6.61 Å². The quantitative estimate of drug-likeness (QED) is 0.414. The van der Waals surface area contributed by atoms with Crippen LogP contribution in [0.15, 0.2) is 0 Å². The van der Waals surface area contributed by atoms with Gasteiger partial charge < -0.3 is 20.1 Å². The van der Waals surface area contributed by atoms with Crippen molar-refractivity contribution in [3.8, 4) is 0 Å². The number of carbonyl (C=O) groups excluding carboxylic acids is 2. The molecule has 0 heterocycles. The predicted octanol–water partition coefficient (Wildman–Crippen LogP) is -2.95. The number of ketones is 1. The maximum Gasteiger partial charge on any atom is 0.169 e. The van der Waals surface area contributed by atoms with Crippen molar-refractivity contribution >= 4 is 11.8 Å². The highest BCUT2D eigenvalue weighted by molar-refractivity contribution is 5.96. The molecule has 0 bridgehead atoms. The maximum atomic E-state index is 10.4. The van der Waals surface area contributed by atoms with Crippen molar-refractivity contribution in [1.29, 1.82) is 0 Å².